The van der Waals surface area contributed by atoms with Crippen LogP contribution in [0.5, 0.6) is 0 Å². The number of hydrogen-bond acceptors (Lipinski definition) is 3. The van der Waals surface area contributed by atoms with Crippen LogP contribution in [-0.2, 0) is 6.42 Å². The second kappa shape index (κ2) is 5.73. The van der Waals surface area contributed by atoms with Crippen molar-refractivity contribution in [2.24, 2.45) is 0 Å². The van der Waals surface area contributed by atoms with Gasteiger partial charge in [0, 0.05) is 17.0 Å². The first-order valence-corrected chi connectivity index (χ1v) is 7.16. The molecule has 1 aromatic rings. The third-order valence-corrected chi connectivity index (χ3v) is 4.67. The molecule has 16 heavy (non-hydrogen) atoms. The zero-order chi connectivity index (χ0) is 11.4. The predicted molar refractivity (Wildman–Crippen MR) is 70.0 cm³/mol. The summed E-state index contributed by atoms with van der Waals surface area (Å²) in [7, 11) is 0. The lowest BCUT2D eigenvalue weighted by atomic mass is 10.1. The summed E-state index contributed by atoms with van der Waals surface area (Å²) >= 11 is 2.09. The van der Waals surface area contributed by atoms with Crippen molar-refractivity contribution in [3.05, 3.63) is 17.5 Å². The summed E-state index contributed by atoms with van der Waals surface area (Å²) < 4.78 is 0. The zero-order valence-electron chi connectivity index (χ0n) is 10.1. The minimum absolute atomic E-state index is 0.732. The summed E-state index contributed by atoms with van der Waals surface area (Å²) in [5, 5.41) is 11.5. The largest absolute Gasteiger partial charge is 0.313 e. The lowest BCUT2D eigenvalue weighted by Gasteiger charge is -2.16. The molecule has 0 radical (unpaired) electrons. The van der Waals surface area contributed by atoms with Gasteiger partial charge in [0.05, 0.1) is 6.20 Å². The molecule has 0 spiro atoms. The van der Waals surface area contributed by atoms with Crippen LogP contribution >= 0.6 is 11.8 Å². The minimum Gasteiger partial charge on any atom is -0.313 e. The van der Waals surface area contributed by atoms with E-state index in [1.54, 1.807) is 0 Å². The van der Waals surface area contributed by atoms with Gasteiger partial charge in [0.1, 0.15) is 0 Å². The van der Waals surface area contributed by atoms with Crippen LogP contribution in [0.4, 0.5) is 0 Å². The van der Waals surface area contributed by atoms with E-state index >= 15 is 0 Å². The van der Waals surface area contributed by atoms with Crippen LogP contribution in [0, 0.1) is 6.92 Å². The summed E-state index contributed by atoms with van der Waals surface area (Å²) in [5.41, 5.74) is 2.57. The van der Waals surface area contributed by atoms with Crippen molar-refractivity contribution in [1.29, 1.82) is 0 Å². The molecule has 2 atom stereocenters. The molecule has 2 N–H and O–H groups in total. The Morgan fingerprint density at radius 1 is 1.62 bits per heavy atom. The standard InChI is InChI=1S/C12H21N3S/c1-9-11(8-14-15-9)4-3-6-13-12-5-7-16-10(12)2/h8,10,12-13H,3-7H2,1-2H3,(H,14,15). The van der Waals surface area contributed by atoms with Gasteiger partial charge in [-0.3, -0.25) is 5.10 Å². The molecule has 0 amide bonds. The van der Waals surface area contributed by atoms with Crippen molar-refractivity contribution in [1.82, 2.24) is 15.5 Å². The fourth-order valence-corrected chi connectivity index (χ4v) is 3.42. The van der Waals surface area contributed by atoms with E-state index in [1.807, 2.05) is 6.20 Å². The van der Waals surface area contributed by atoms with Crippen molar-refractivity contribution in [2.45, 2.75) is 44.4 Å². The first-order valence-electron chi connectivity index (χ1n) is 6.11. The maximum absolute atomic E-state index is 4.04. The van der Waals surface area contributed by atoms with E-state index in [4.69, 9.17) is 0 Å². The van der Waals surface area contributed by atoms with Crippen LogP contribution < -0.4 is 5.32 Å². The number of hydrogen-bond donors (Lipinski definition) is 2. The van der Waals surface area contributed by atoms with Gasteiger partial charge in [-0.15, -0.1) is 0 Å². The molecule has 0 saturated carbocycles. The number of aromatic nitrogens is 2. The highest BCUT2D eigenvalue weighted by Gasteiger charge is 2.22. The topological polar surface area (TPSA) is 40.7 Å². The molecule has 2 heterocycles. The quantitative estimate of drug-likeness (QED) is 0.773. The third-order valence-electron chi connectivity index (χ3n) is 3.34. The van der Waals surface area contributed by atoms with Crippen molar-refractivity contribution in [2.75, 3.05) is 12.3 Å². The summed E-state index contributed by atoms with van der Waals surface area (Å²) in [6.45, 7) is 5.54. The highest BCUT2D eigenvalue weighted by Crippen LogP contribution is 2.25. The predicted octanol–water partition coefficient (Wildman–Crippen LogP) is 2.13. The molecule has 2 rings (SSSR count). The van der Waals surface area contributed by atoms with Gasteiger partial charge in [0.25, 0.3) is 0 Å². The van der Waals surface area contributed by atoms with E-state index in [9.17, 15) is 0 Å². The lowest BCUT2D eigenvalue weighted by molar-refractivity contribution is 0.505. The molecule has 4 heteroatoms. The number of nitrogens with one attached hydrogen (secondary N) is 2. The number of aryl methyl sites for hydroxylation is 2. The molecule has 1 fully saturated rings. The Morgan fingerprint density at radius 3 is 3.12 bits per heavy atom. The van der Waals surface area contributed by atoms with Crippen LogP contribution in [0.2, 0.25) is 0 Å². The van der Waals surface area contributed by atoms with Crippen LogP contribution in [0.25, 0.3) is 0 Å². The van der Waals surface area contributed by atoms with Crippen molar-refractivity contribution >= 4 is 11.8 Å². The molecule has 90 valence electrons. The Kier molecular flexibility index (Phi) is 4.29. The summed E-state index contributed by atoms with van der Waals surface area (Å²) in [5.74, 6) is 1.32. The Labute approximate surface area is 102 Å². The second-order valence-corrected chi connectivity index (χ2v) is 6.03. The van der Waals surface area contributed by atoms with Gasteiger partial charge < -0.3 is 5.32 Å². The fourth-order valence-electron chi connectivity index (χ4n) is 2.19. The number of H-pyrrole nitrogens is 1. The summed E-state index contributed by atoms with van der Waals surface area (Å²) in [6.07, 6.45) is 5.61. The molecule has 0 aromatic carbocycles. The van der Waals surface area contributed by atoms with E-state index in [2.05, 4.69) is 41.1 Å². The molecule has 3 nitrogen and oxygen atoms in total. The maximum Gasteiger partial charge on any atom is 0.0522 e. The molecular formula is C12H21N3S. The van der Waals surface area contributed by atoms with E-state index in [1.165, 1.54) is 29.9 Å². The number of thioether (sulfide) groups is 1. The molecule has 1 saturated heterocycles. The molecule has 1 aliphatic heterocycles. The molecule has 0 aliphatic carbocycles. The Hall–Kier alpha value is -0.480. The monoisotopic (exact) mass is 239 g/mol. The summed E-state index contributed by atoms with van der Waals surface area (Å²) in [6, 6.07) is 0.732. The number of aromatic amines is 1. The molecule has 0 bridgehead atoms. The van der Waals surface area contributed by atoms with Crippen LogP contribution in [0.3, 0.4) is 0 Å². The van der Waals surface area contributed by atoms with E-state index in [0.717, 1.165) is 24.3 Å². The molecule has 1 aromatic heterocycles. The van der Waals surface area contributed by atoms with E-state index in [-0.39, 0.29) is 0 Å². The van der Waals surface area contributed by atoms with Gasteiger partial charge in [0.15, 0.2) is 0 Å². The van der Waals surface area contributed by atoms with Crippen LogP contribution in [-0.4, -0.2) is 33.8 Å². The summed E-state index contributed by atoms with van der Waals surface area (Å²) in [4.78, 5) is 0. The van der Waals surface area contributed by atoms with Crippen molar-refractivity contribution in [3.63, 3.8) is 0 Å². The lowest BCUT2D eigenvalue weighted by Crippen LogP contribution is -2.34. The SMILES string of the molecule is Cc1[nH]ncc1CCCNC1CCSC1C. The van der Waals surface area contributed by atoms with E-state index < -0.39 is 0 Å². The third kappa shape index (κ3) is 3.01. The highest BCUT2D eigenvalue weighted by atomic mass is 32.2. The first-order chi connectivity index (χ1) is 7.77. The highest BCUT2D eigenvalue weighted by molar-refractivity contribution is 8.00. The molecule has 1 aliphatic rings. The fraction of sp³-hybridized carbons (Fsp3) is 0.750. The average molecular weight is 239 g/mol. The van der Waals surface area contributed by atoms with Crippen LogP contribution in [0.1, 0.15) is 31.0 Å². The smallest absolute Gasteiger partial charge is 0.0522 e. The van der Waals surface area contributed by atoms with Crippen molar-refractivity contribution in [3.8, 4) is 0 Å². The normalized spacial score (nSPS) is 25.1. The minimum atomic E-state index is 0.732. The zero-order valence-corrected chi connectivity index (χ0v) is 10.9. The van der Waals surface area contributed by atoms with Crippen molar-refractivity contribution < 1.29 is 0 Å². The molecule has 2 unspecified atom stereocenters. The second-order valence-electron chi connectivity index (χ2n) is 4.55. The van der Waals surface area contributed by atoms with Gasteiger partial charge in [-0.2, -0.15) is 16.9 Å². The van der Waals surface area contributed by atoms with Gasteiger partial charge >= 0.3 is 0 Å². The number of rotatable bonds is 5. The van der Waals surface area contributed by atoms with Gasteiger partial charge in [0.2, 0.25) is 0 Å². The first kappa shape index (κ1) is 12.0. The van der Waals surface area contributed by atoms with Crippen LogP contribution in [0.15, 0.2) is 6.20 Å². The van der Waals surface area contributed by atoms with E-state index in [0.29, 0.717) is 0 Å². The maximum atomic E-state index is 4.04. The number of nitrogens with zero attached hydrogens (tertiary/aromatic N) is 1. The van der Waals surface area contributed by atoms with Gasteiger partial charge in [-0.05, 0) is 44.0 Å². The van der Waals surface area contributed by atoms with Gasteiger partial charge in [-0.25, -0.2) is 0 Å². The molecular weight excluding hydrogens is 218 g/mol. The average Bonchev–Trinajstić information content (AvgIpc) is 2.84. The van der Waals surface area contributed by atoms with Gasteiger partial charge in [-0.1, -0.05) is 6.92 Å². The Morgan fingerprint density at radius 2 is 2.50 bits per heavy atom. The Balaban J connectivity index is 1.63. The Bertz CT molecular complexity index is 324.